The lowest BCUT2D eigenvalue weighted by Crippen LogP contribution is -2.34. The average Bonchev–Trinajstić information content (AvgIpc) is 2.67. The highest BCUT2D eigenvalue weighted by molar-refractivity contribution is 7.46. The number of aliphatic hydroxyl groups is 1. The Hall–Kier alpha value is -1.29. The van der Waals surface area contributed by atoms with Gasteiger partial charge in [0.1, 0.15) is 6.10 Å². The van der Waals surface area contributed by atoms with Gasteiger partial charge in [0.25, 0.3) is 5.56 Å². The van der Waals surface area contributed by atoms with Gasteiger partial charge in [-0.1, -0.05) is 0 Å². The van der Waals surface area contributed by atoms with Crippen LogP contribution in [0.3, 0.4) is 0 Å². The number of aromatic nitrogens is 2. The van der Waals surface area contributed by atoms with Gasteiger partial charge in [-0.05, 0) is 0 Å². The molecule has 0 saturated carbocycles. The van der Waals surface area contributed by atoms with Crippen LogP contribution in [-0.2, 0) is 13.8 Å². The van der Waals surface area contributed by atoms with Crippen molar-refractivity contribution in [3.05, 3.63) is 33.1 Å². The Kier molecular flexibility index (Phi) is 4.23. The first kappa shape index (κ1) is 15.1. The SMILES string of the molecule is O=c1ccn([C@@H]2O[C@H](COP(=O)(O)O)C[C@H]2O)c(=O)[nH]1. The zero-order valence-electron chi connectivity index (χ0n) is 10.1. The van der Waals surface area contributed by atoms with E-state index < -0.39 is 44.1 Å². The third kappa shape index (κ3) is 3.63. The number of phosphoric ester groups is 1. The van der Waals surface area contributed by atoms with E-state index in [1.54, 1.807) is 0 Å². The van der Waals surface area contributed by atoms with Gasteiger partial charge >= 0.3 is 13.5 Å². The number of ether oxygens (including phenoxy) is 1. The van der Waals surface area contributed by atoms with Crippen LogP contribution in [0.5, 0.6) is 0 Å². The van der Waals surface area contributed by atoms with E-state index in [1.807, 2.05) is 4.98 Å². The van der Waals surface area contributed by atoms with Crippen LogP contribution in [0, 0.1) is 0 Å². The largest absolute Gasteiger partial charge is 0.469 e. The normalized spacial score (nSPS) is 26.9. The van der Waals surface area contributed by atoms with Gasteiger partial charge in [-0.25, -0.2) is 9.36 Å². The van der Waals surface area contributed by atoms with Crippen molar-refractivity contribution >= 4 is 7.82 Å². The van der Waals surface area contributed by atoms with Crippen molar-refractivity contribution in [1.29, 1.82) is 0 Å². The van der Waals surface area contributed by atoms with E-state index in [0.717, 1.165) is 10.6 Å². The van der Waals surface area contributed by atoms with E-state index in [1.165, 1.54) is 6.20 Å². The van der Waals surface area contributed by atoms with Crippen LogP contribution in [0.4, 0.5) is 0 Å². The summed E-state index contributed by atoms with van der Waals surface area (Å²) in [6, 6.07) is 1.09. The van der Waals surface area contributed by atoms with Crippen LogP contribution in [0.1, 0.15) is 12.6 Å². The molecule has 0 spiro atoms. The summed E-state index contributed by atoms with van der Waals surface area (Å²) in [7, 11) is -4.62. The number of aromatic amines is 1. The van der Waals surface area contributed by atoms with Crippen molar-refractivity contribution in [2.24, 2.45) is 0 Å². The molecule has 1 aromatic rings. The molecule has 1 aromatic heterocycles. The highest BCUT2D eigenvalue weighted by Crippen LogP contribution is 2.37. The highest BCUT2D eigenvalue weighted by atomic mass is 31.2. The molecule has 2 heterocycles. The summed E-state index contributed by atoms with van der Waals surface area (Å²) < 4.78 is 21.1. The van der Waals surface area contributed by atoms with Crippen molar-refractivity contribution in [3.63, 3.8) is 0 Å². The summed E-state index contributed by atoms with van der Waals surface area (Å²) in [5.41, 5.74) is -1.33. The molecule has 0 amide bonds. The molecule has 112 valence electrons. The maximum atomic E-state index is 11.6. The van der Waals surface area contributed by atoms with Crippen molar-refractivity contribution in [1.82, 2.24) is 9.55 Å². The van der Waals surface area contributed by atoms with E-state index in [-0.39, 0.29) is 6.42 Å². The molecule has 0 bridgehead atoms. The van der Waals surface area contributed by atoms with E-state index in [4.69, 9.17) is 14.5 Å². The standard InChI is InChI=1S/C9H13N2O8P/c12-6-3-5(4-18-20(15,16)17)19-8(6)11-2-1-7(13)10-9(11)14/h1-2,5-6,8,12H,3-4H2,(H,10,13,14)(H2,15,16,17)/t5-,6+,8+/m0/s1. The number of H-pyrrole nitrogens is 1. The number of aliphatic hydroxyl groups excluding tert-OH is 1. The summed E-state index contributed by atoms with van der Waals surface area (Å²) in [6.07, 6.45) is -1.69. The molecule has 0 aromatic carbocycles. The first-order chi connectivity index (χ1) is 9.26. The molecular weight excluding hydrogens is 295 g/mol. The number of nitrogens with one attached hydrogen (secondary N) is 1. The molecular formula is C9H13N2O8P. The molecule has 0 aliphatic carbocycles. The lowest BCUT2D eigenvalue weighted by molar-refractivity contribution is -0.0525. The second-order valence-electron chi connectivity index (χ2n) is 4.26. The van der Waals surface area contributed by atoms with Gasteiger partial charge < -0.3 is 19.6 Å². The van der Waals surface area contributed by atoms with Crippen LogP contribution in [-0.4, -0.2) is 43.3 Å². The number of phosphoric acid groups is 1. The summed E-state index contributed by atoms with van der Waals surface area (Å²) in [5.74, 6) is 0. The lowest BCUT2D eigenvalue weighted by Gasteiger charge is -2.17. The summed E-state index contributed by atoms with van der Waals surface area (Å²) >= 11 is 0. The van der Waals surface area contributed by atoms with Crippen LogP contribution < -0.4 is 11.2 Å². The summed E-state index contributed by atoms with van der Waals surface area (Å²) in [5, 5.41) is 9.81. The van der Waals surface area contributed by atoms with Gasteiger partial charge in [0.15, 0.2) is 6.23 Å². The Bertz CT molecular complexity index is 633. The number of hydrogen-bond acceptors (Lipinski definition) is 6. The topological polar surface area (TPSA) is 151 Å². The molecule has 3 atom stereocenters. The van der Waals surface area contributed by atoms with Crippen molar-refractivity contribution < 1.29 is 28.7 Å². The Labute approximate surface area is 111 Å². The number of nitrogens with zero attached hydrogens (tertiary/aromatic N) is 1. The predicted molar refractivity (Wildman–Crippen MR) is 63.9 cm³/mol. The van der Waals surface area contributed by atoms with Crippen LogP contribution in [0.25, 0.3) is 0 Å². The third-order valence-electron chi connectivity index (χ3n) is 2.72. The highest BCUT2D eigenvalue weighted by Gasteiger charge is 2.36. The number of rotatable bonds is 4. The second kappa shape index (κ2) is 5.60. The number of hydrogen-bond donors (Lipinski definition) is 4. The van der Waals surface area contributed by atoms with Gasteiger partial charge in [0, 0.05) is 18.7 Å². The van der Waals surface area contributed by atoms with Crippen molar-refractivity contribution in [3.8, 4) is 0 Å². The Morgan fingerprint density at radius 2 is 2.20 bits per heavy atom. The van der Waals surface area contributed by atoms with Gasteiger partial charge in [-0.2, -0.15) is 0 Å². The fraction of sp³-hybridized carbons (Fsp3) is 0.556. The minimum Gasteiger partial charge on any atom is -0.388 e. The van der Waals surface area contributed by atoms with E-state index in [9.17, 15) is 19.3 Å². The summed E-state index contributed by atoms with van der Waals surface area (Å²) in [4.78, 5) is 41.7. The fourth-order valence-corrected chi connectivity index (χ4v) is 2.26. The predicted octanol–water partition coefficient (Wildman–Crippen LogP) is -1.71. The Morgan fingerprint density at radius 1 is 1.50 bits per heavy atom. The van der Waals surface area contributed by atoms with E-state index in [2.05, 4.69) is 4.52 Å². The van der Waals surface area contributed by atoms with Crippen molar-refractivity contribution in [2.45, 2.75) is 24.9 Å². The van der Waals surface area contributed by atoms with E-state index in [0.29, 0.717) is 0 Å². The Morgan fingerprint density at radius 3 is 2.80 bits per heavy atom. The Balaban J connectivity index is 2.09. The monoisotopic (exact) mass is 308 g/mol. The molecule has 2 rings (SSSR count). The van der Waals surface area contributed by atoms with Crippen LogP contribution in [0.2, 0.25) is 0 Å². The van der Waals surface area contributed by atoms with E-state index >= 15 is 0 Å². The third-order valence-corrected chi connectivity index (χ3v) is 3.20. The average molecular weight is 308 g/mol. The van der Waals surface area contributed by atoms with Gasteiger partial charge in [0.05, 0.1) is 12.7 Å². The molecule has 20 heavy (non-hydrogen) atoms. The van der Waals surface area contributed by atoms with Crippen molar-refractivity contribution in [2.75, 3.05) is 6.61 Å². The zero-order chi connectivity index (χ0) is 14.9. The molecule has 10 nitrogen and oxygen atoms in total. The van der Waals surface area contributed by atoms with Gasteiger partial charge in [0.2, 0.25) is 0 Å². The smallest absolute Gasteiger partial charge is 0.388 e. The molecule has 1 aliphatic heterocycles. The molecule has 11 heteroatoms. The maximum absolute atomic E-state index is 11.6. The zero-order valence-corrected chi connectivity index (χ0v) is 11.0. The second-order valence-corrected chi connectivity index (χ2v) is 5.49. The molecule has 1 aliphatic rings. The van der Waals surface area contributed by atoms with Gasteiger partial charge in [-0.15, -0.1) is 0 Å². The lowest BCUT2D eigenvalue weighted by atomic mass is 10.2. The first-order valence-corrected chi connectivity index (χ1v) is 7.14. The van der Waals surface area contributed by atoms with Gasteiger partial charge in [-0.3, -0.25) is 18.9 Å². The summed E-state index contributed by atoms with van der Waals surface area (Å²) in [6.45, 7) is -0.421. The maximum Gasteiger partial charge on any atom is 0.469 e. The minimum absolute atomic E-state index is 0.0379. The first-order valence-electron chi connectivity index (χ1n) is 5.61. The molecule has 0 radical (unpaired) electrons. The quantitative estimate of drug-likeness (QED) is 0.480. The van der Waals surface area contributed by atoms with Crippen LogP contribution in [0.15, 0.2) is 21.9 Å². The molecule has 1 saturated heterocycles. The molecule has 1 fully saturated rings. The molecule has 4 N–H and O–H groups in total. The molecule has 0 unspecified atom stereocenters. The minimum atomic E-state index is -4.62. The van der Waals surface area contributed by atoms with Crippen LogP contribution >= 0.6 is 7.82 Å². The fourth-order valence-electron chi connectivity index (χ4n) is 1.90.